The fraction of sp³-hybridized carbons (Fsp3) is 0.750. The molecule has 0 aliphatic heterocycles. The van der Waals surface area contributed by atoms with Gasteiger partial charge in [0, 0.05) is 17.6 Å². The molecular formula is C8H14BrN3OS. The van der Waals surface area contributed by atoms with E-state index >= 15 is 0 Å². The van der Waals surface area contributed by atoms with E-state index in [0.717, 1.165) is 35.6 Å². The minimum Gasteiger partial charge on any atom is -0.270 e. The third kappa shape index (κ3) is 3.16. The number of nitrogens with zero attached hydrogens (tertiary/aromatic N) is 2. The number of alkyl halides is 1. The van der Waals surface area contributed by atoms with Gasteiger partial charge in [0.1, 0.15) is 0 Å². The number of aromatic nitrogens is 3. The summed E-state index contributed by atoms with van der Waals surface area (Å²) in [4.78, 5) is 11.3. The van der Waals surface area contributed by atoms with Gasteiger partial charge in [-0.2, -0.15) is 0 Å². The molecule has 0 aliphatic carbocycles. The molecule has 1 rings (SSSR count). The lowest BCUT2D eigenvalue weighted by Gasteiger charge is -2.01. The van der Waals surface area contributed by atoms with Crippen molar-refractivity contribution in [3.8, 4) is 0 Å². The lowest BCUT2D eigenvalue weighted by atomic mass is 10.5. The van der Waals surface area contributed by atoms with Crippen LogP contribution in [0.25, 0.3) is 0 Å². The molecule has 0 bridgehead atoms. The summed E-state index contributed by atoms with van der Waals surface area (Å²) >= 11 is 4.99. The summed E-state index contributed by atoms with van der Waals surface area (Å²) in [6.07, 6.45) is 2.03. The van der Waals surface area contributed by atoms with Crippen LogP contribution in [0.4, 0.5) is 0 Å². The van der Waals surface area contributed by atoms with Crippen LogP contribution >= 0.6 is 27.7 Å². The number of nitrogens with one attached hydrogen (secondary N) is 1. The second-order valence-corrected chi connectivity index (χ2v) is 4.71. The summed E-state index contributed by atoms with van der Waals surface area (Å²) in [6, 6.07) is 0. The molecule has 0 atom stereocenters. The first-order chi connectivity index (χ1) is 6.79. The topological polar surface area (TPSA) is 50.7 Å². The van der Waals surface area contributed by atoms with Crippen molar-refractivity contribution < 1.29 is 0 Å². The van der Waals surface area contributed by atoms with Gasteiger partial charge in [0.2, 0.25) is 0 Å². The Morgan fingerprint density at radius 2 is 2.43 bits per heavy atom. The van der Waals surface area contributed by atoms with E-state index in [2.05, 4.69) is 26.1 Å². The number of thioether (sulfide) groups is 1. The van der Waals surface area contributed by atoms with Gasteiger partial charge in [0.25, 0.3) is 0 Å². The number of halogens is 1. The molecule has 0 saturated carbocycles. The number of hydrogen-bond acceptors (Lipinski definition) is 3. The van der Waals surface area contributed by atoms with Crippen molar-refractivity contribution in [3.63, 3.8) is 0 Å². The predicted molar refractivity (Wildman–Crippen MR) is 62.3 cm³/mol. The van der Waals surface area contributed by atoms with Crippen LogP contribution in [0.2, 0.25) is 0 Å². The highest BCUT2D eigenvalue weighted by Gasteiger charge is 2.06. The standard InChI is InChI=1S/C8H14BrN3OS/c1-2-5-12-7(13)10-11-8(12)14-6-3-4-9/h2-6H2,1H3,(H,10,13). The van der Waals surface area contributed by atoms with Crippen LogP contribution in [0.3, 0.4) is 0 Å². The molecule has 0 radical (unpaired) electrons. The Balaban J connectivity index is 2.61. The smallest absolute Gasteiger partial charge is 0.270 e. The Morgan fingerprint density at radius 1 is 1.64 bits per heavy atom. The molecule has 6 heteroatoms. The van der Waals surface area contributed by atoms with Gasteiger partial charge in [-0.3, -0.25) is 4.57 Å². The number of rotatable bonds is 6. The lowest BCUT2D eigenvalue weighted by molar-refractivity contribution is 0.604. The molecule has 80 valence electrons. The maximum absolute atomic E-state index is 11.3. The SMILES string of the molecule is CCCn1c(SCCCBr)n[nH]c1=O. The van der Waals surface area contributed by atoms with E-state index in [0.29, 0.717) is 0 Å². The summed E-state index contributed by atoms with van der Waals surface area (Å²) in [7, 11) is 0. The fourth-order valence-electron chi connectivity index (χ4n) is 1.05. The Kier molecular flexibility index (Phi) is 5.32. The number of H-pyrrole nitrogens is 1. The van der Waals surface area contributed by atoms with E-state index in [1.807, 2.05) is 6.92 Å². The van der Waals surface area contributed by atoms with Crippen molar-refractivity contribution in [2.45, 2.75) is 31.5 Å². The Labute approximate surface area is 95.6 Å². The third-order valence-electron chi connectivity index (χ3n) is 1.68. The van der Waals surface area contributed by atoms with E-state index in [-0.39, 0.29) is 5.69 Å². The van der Waals surface area contributed by atoms with E-state index < -0.39 is 0 Å². The zero-order valence-corrected chi connectivity index (χ0v) is 10.5. The van der Waals surface area contributed by atoms with Crippen LogP contribution in [0.1, 0.15) is 19.8 Å². The quantitative estimate of drug-likeness (QED) is 0.491. The molecule has 1 aromatic rings. The number of hydrogen-bond donors (Lipinski definition) is 1. The minimum atomic E-state index is -0.104. The van der Waals surface area contributed by atoms with Gasteiger partial charge in [-0.1, -0.05) is 34.6 Å². The highest BCUT2D eigenvalue weighted by atomic mass is 79.9. The molecule has 0 amide bonds. The van der Waals surface area contributed by atoms with Crippen LogP contribution in [0.15, 0.2) is 9.95 Å². The molecule has 0 saturated heterocycles. The van der Waals surface area contributed by atoms with Crippen LogP contribution in [0.5, 0.6) is 0 Å². The molecule has 1 heterocycles. The molecule has 4 nitrogen and oxygen atoms in total. The largest absolute Gasteiger partial charge is 0.343 e. The van der Waals surface area contributed by atoms with Crippen LogP contribution in [-0.4, -0.2) is 25.8 Å². The Bertz CT molecular complexity index is 323. The van der Waals surface area contributed by atoms with Gasteiger partial charge in [-0.15, -0.1) is 5.10 Å². The van der Waals surface area contributed by atoms with Crippen LogP contribution in [-0.2, 0) is 6.54 Å². The first kappa shape index (κ1) is 11.8. The molecule has 0 aliphatic rings. The van der Waals surface area contributed by atoms with Crippen LogP contribution < -0.4 is 5.69 Å². The molecule has 0 unspecified atom stereocenters. The van der Waals surface area contributed by atoms with Gasteiger partial charge in [-0.25, -0.2) is 9.89 Å². The highest BCUT2D eigenvalue weighted by Crippen LogP contribution is 2.14. The van der Waals surface area contributed by atoms with Crippen molar-refractivity contribution >= 4 is 27.7 Å². The van der Waals surface area contributed by atoms with Gasteiger partial charge < -0.3 is 0 Å². The zero-order chi connectivity index (χ0) is 10.4. The maximum atomic E-state index is 11.3. The van der Waals surface area contributed by atoms with Gasteiger partial charge >= 0.3 is 5.69 Å². The first-order valence-electron chi connectivity index (χ1n) is 4.63. The Morgan fingerprint density at radius 3 is 3.07 bits per heavy atom. The Hall–Kier alpha value is -0.230. The van der Waals surface area contributed by atoms with Gasteiger partial charge in [-0.05, 0) is 12.8 Å². The normalized spacial score (nSPS) is 10.7. The van der Waals surface area contributed by atoms with E-state index in [9.17, 15) is 4.79 Å². The fourth-order valence-corrected chi connectivity index (χ4v) is 2.62. The van der Waals surface area contributed by atoms with E-state index in [4.69, 9.17) is 0 Å². The van der Waals surface area contributed by atoms with Gasteiger partial charge in [0.15, 0.2) is 5.16 Å². The molecule has 14 heavy (non-hydrogen) atoms. The average molecular weight is 280 g/mol. The summed E-state index contributed by atoms with van der Waals surface area (Å²) < 4.78 is 1.69. The summed E-state index contributed by atoms with van der Waals surface area (Å²) in [5.74, 6) is 0.985. The van der Waals surface area contributed by atoms with E-state index in [1.165, 1.54) is 0 Å². The molecule has 0 fully saturated rings. The van der Waals surface area contributed by atoms with Crippen molar-refractivity contribution in [2.24, 2.45) is 0 Å². The van der Waals surface area contributed by atoms with Crippen LogP contribution in [0, 0.1) is 0 Å². The average Bonchev–Trinajstić information content (AvgIpc) is 2.51. The lowest BCUT2D eigenvalue weighted by Crippen LogP contribution is -2.17. The first-order valence-corrected chi connectivity index (χ1v) is 6.74. The van der Waals surface area contributed by atoms with E-state index in [1.54, 1.807) is 16.3 Å². The molecule has 0 spiro atoms. The summed E-state index contributed by atoms with van der Waals surface area (Å²) in [5.41, 5.74) is -0.104. The minimum absolute atomic E-state index is 0.104. The molecule has 0 aromatic carbocycles. The predicted octanol–water partition coefficient (Wildman–Crippen LogP) is 1.86. The van der Waals surface area contributed by atoms with Crippen molar-refractivity contribution in [3.05, 3.63) is 10.5 Å². The zero-order valence-electron chi connectivity index (χ0n) is 8.12. The number of aromatic amines is 1. The third-order valence-corrected chi connectivity index (χ3v) is 3.30. The second kappa shape index (κ2) is 6.29. The summed E-state index contributed by atoms with van der Waals surface area (Å²) in [6.45, 7) is 2.79. The maximum Gasteiger partial charge on any atom is 0.343 e. The highest BCUT2D eigenvalue weighted by molar-refractivity contribution is 9.09. The van der Waals surface area contributed by atoms with Crippen molar-refractivity contribution in [2.75, 3.05) is 11.1 Å². The summed E-state index contributed by atoms with van der Waals surface area (Å²) in [5, 5.41) is 8.25. The monoisotopic (exact) mass is 279 g/mol. The van der Waals surface area contributed by atoms with Gasteiger partial charge in [0.05, 0.1) is 0 Å². The van der Waals surface area contributed by atoms with Crippen molar-refractivity contribution in [1.82, 2.24) is 14.8 Å². The molecule has 1 N–H and O–H groups in total. The molecule has 1 aromatic heterocycles. The van der Waals surface area contributed by atoms with Crippen molar-refractivity contribution in [1.29, 1.82) is 0 Å². The second-order valence-electron chi connectivity index (χ2n) is 2.85. The molecular weight excluding hydrogens is 266 g/mol.